The largest absolute Gasteiger partial charge is 0.460 e. The predicted octanol–water partition coefficient (Wildman–Crippen LogP) is 6.57. The van der Waals surface area contributed by atoms with Crippen LogP contribution in [-0.4, -0.2) is 28.1 Å². The fourth-order valence-corrected chi connectivity index (χ4v) is 5.21. The Hall–Kier alpha value is -4.35. The lowest BCUT2D eigenvalue weighted by molar-refractivity contribution is -0.149. The molecule has 0 amide bonds. The minimum atomic E-state index is -1.05. The maximum atomic E-state index is 13.7. The van der Waals surface area contributed by atoms with Gasteiger partial charge in [0.25, 0.3) is 0 Å². The van der Waals surface area contributed by atoms with Gasteiger partial charge in [-0.25, -0.2) is 0 Å². The van der Waals surface area contributed by atoms with E-state index in [0.717, 1.165) is 22.3 Å². The first-order valence-electron chi connectivity index (χ1n) is 13.2. The number of rotatable bonds is 7. The van der Waals surface area contributed by atoms with Crippen molar-refractivity contribution in [1.29, 1.82) is 0 Å². The van der Waals surface area contributed by atoms with E-state index in [1.807, 2.05) is 121 Å². The average Bonchev–Trinajstić information content (AvgIpc) is 2.97. The van der Waals surface area contributed by atoms with E-state index < -0.39 is 11.5 Å². The molecular weight excluding hydrogens is 484 g/mol. The van der Waals surface area contributed by atoms with Gasteiger partial charge in [0.05, 0.1) is 11.3 Å². The maximum Gasteiger partial charge on any atom is 0.315 e. The predicted molar refractivity (Wildman–Crippen MR) is 155 cm³/mol. The second kappa shape index (κ2) is 12.0. The fourth-order valence-electron chi connectivity index (χ4n) is 5.21. The van der Waals surface area contributed by atoms with E-state index in [9.17, 15) is 9.90 Å². The third kappa shape index (κ3) is 6.57. The summed E-state index contributed by atoms with van der Waals surface area (Å²) in [6, 6.07) is 39.2. The average molecular weight is 517 g/mol. The van der Waals surface area contributed by atoms with Crippen molar-refractivity contribution in [3.63, 3.8) is 0 Å². The number of carbonyl (C=O) groups excluding carboxylic acids is 1. The topological polar surface area (TPSA) is 71.2 Å². The maximum absolute atomic E-state index is 13.7. The van der Waals surface area contributed by atoms with Crippen molar-refractivity contribution < 1.29 is 14.6 Å². The molecule has 0 unspecified atom stereocenters. The highest BCUT2D eigenvalue weighted by molar-refractivity contribution is 6.13. The summed E-state index contributed by atoms with van der Waals surface area (Å²) in [6.45, 7) is 1.97. The molecule has 5 rings (SSSR count). The summed E-state index contributed by atoms with van der Waals surface area (Å²) in [5.74, 6) is -1.34. The molecule has 1 aliphatic carbocycles. The Labute approximate surface area is 229 Å². The fraction of sp³-hybridized carbons (Fsp3) is 0.206. The molecule has 0 saturated heterocycles. The van der Waals surface area contributed by atoms with Gasteiger partial charge in [-0.3, -0.25) is 4.79 Å². The number of hydrogen-bond donors (Lipinski definition) is 1. The lowest BCUT2D eigenvalue weighted by Gasteiger charge is -2.39. The van der Waals surface area contributed by atoms with E-state index in [0.29, 0.717) is 17.8 Å². The number of ether oxygens (including phenoxy) is 1. The lowest BCUT2D eigenvalue weighted by atomic mass is 9.68. The van der Waals surface area contributed by atoms with Crippen molar-refractivity contribution in [1.82, 2.24) is 0 Å². The van der Waals surface area contributed by atoms with Crippen LogP contribution in [0, 0.1) is 5.92 Å². The third-order valence-corrected chi connectivity index (χ3v) is 7.06. The molecule has 4 aromatic carbocycles. The molecule has 1 N–H and O–H groups in total. The van der Waals surface area contributed by atoms with Crippen LogP contribution in [0.25, 0.3) is 0 Å². The number of carbonyl (C=O) groups is 1. The summed E-state index contributed by atoms with van der Waals surface area (Å²) in [4.78, 5) is 13.7. The molecule has 0 heterocycles. The van der Waals surface area contributed by atoms with Gasteiger partial charge in [-0.15, -0.1) is 5.10 Å². The van der Waals surface area contributed by atoms with Gasteiger partial charge in [0.15, 0.2) is 0 Å². The lowest BCUT2D eigenvalue weighted by Crippen LogP contribution is -2.45. The van der Waals surface area contributed by atoms with Crippen LogP contribution in [0.15, 0.2) is 132 Å². The van der Waals surface area contributed by atoms with Gasteiger partial charge in [0, 0.05) is 23.5 Å². The van der Waals surface area contributed by atoms with Crippen LogP contribution in [0.5, 0.6) is 0 Å². The highest BCUT2D eigenvalue weighted by Crippen LogP contribution is 2.42. The van der Waals surface area contributed by atoms with Crippen LogP contribution in [0.4, 0.5) is 0 Å². The molecular formula is C34H32N2O3. The minimum absolute atomic E-state index is 0.171. The van der Waals surface area contributed by atoms with Gasteiger partial charge in [0.1, 0.15) is 18.2 Å². The number of nitrogens with zero attached hydrogens (tertiary/aromatic N) is 2. The normalized spacial score (nSPS) is 21.7. The smallest absolute Gasteiger partial charge is 0.315 e. The highest BCUT2D eigenvalue weighted by atomic mass is 16.5. The Balaban J connectivity index is 1.57. The second-order valence-corrected chi connectivity index (χ2v) is 10.2. The SMILES string of the molecule is C[C@]1(O)C/C(=N/N=C(c2ccccc2)c2ccccc2)[C@@H](C(=O)OCc2ccccc2)[C@H](c2ccccc2)C1. The van der Waals surface area contributed by atoms with Crippen molar-refractivity contribution in [2.75, 3.05) is 0 Å². The molecule has 5 nitrogen and oxygen atoms in total. The Bertz CT molecular complexity index is 1390. The monoisotopic (exact) mass is 516 g/mol. The van der Waals surface area contributed by atoms with Crippen molar-refractivity contribution in [2.45, 2.75) is 37.9 Å². The van der Waals surface area contributed by atoms with Crippen LogP contribution in [0.2, 0.25) is 0 Å². The zero-order valence-electron chi connectivity index (χ0n) is 22.0. The summed E-state index contributed by atoms with van der Waals surface area (Å²) in [5, 5.41) is 20.7. The molecule has 39 heavy (non-hydrogen) atoms. The summed E-state index contributed by atoms with van der Waals surface area (Å²) < 4.78 is 5.84. The molecule has 0 spiro atoms. The zero-order chi connectivity index (χ0) is 27.1. The van der Waals surface area contributed by atoms with E-state index >= 15 is 0 Å². The van der Waals surface area contributed by atoms with E-state index in [1.54, 1.807) is 6.92 Å². The van der Waals surface area contributed by atoms with Gasteiger partial charge >= 0.3 is 5.97 Å². The number of benzene rings is 4. The standard InChI is InChI=1S/C34H32N2O3/c1-34(38)22-29(26-16-8-3-9-17-26)31(33(37)39-24-25-14-6-2-7-15-25)30(23-34)35-36-32(27-18-10-4-11-19-27)28-20-12-5-13-21-28/h2-21,29,31,38H,22-24H2,1H3/b35-30-/t29-,31-,34+/m0/s1. The Kier molecular flexibility index (Phi) is 8.09. The minimum Gasteiger partial charge on any atom is -0.460 e. The highest BCUT2D eigenvalue weighted by Gasteiger charge is 2.45. The van der Waals surface area contributed by atoms with Crippen molar-refractivity contribution in [3.8, 4) is 0 Å². The first-order valence-corrected chi connectivity index (χ1v) is 13.2. The summed E-state index contributed by atoms with van der Waals surface area (Å²) in [6.07, 6.45) is 0.636. The van der Waals surface area contributed by atoms with Crippen LogP contribution in [0.1, 0.15) is 47.9 Å². The summed E-state index contributed by atoms with van der Waals surface area (Å²) >= 11 is 0. The van der Waals surface area contributed by atoms with Gasteiger partial charge in [-0.05, 0) is 24.5 Å². The molecule has 0 radical (unpaired) electrons. The molecule has 0 bridgehead atoms. The van der Waals surface area contributed by atoms with Gasteiger partial charge < -0.3 is 9.84 Å². The van der Waals surface area contributed by atoms with Crippen molar-refractivity contribution >= 4 is 17.4 Å². The quantitative estimate of drug-likeness (QED) is 0.172. The van der Waals surface area contributed by atoms with Gasteiger partial charge in [0.2, 0.25) is 0 Å². The molecule has 1 saturated carbocycles. The van der Waals surface area contributed by atoms with E-state index in [2.05, 4.69) is 0 Å². The first-order chi connectivity index (χ1) is 19.0. The van der Waals surface area contributed by atoms with Crippen molar-refractivity contribution in [3.05, 3.63) is 144 Å². The molecule has 0 aliphatic heterocycles. The van der Waals surface area contributed by atoms with E-state index in [1.165, 1.54) is 0 Å². The molecule has 3 atom stereocenters. The van der Waals surface area contributed by atoms with E-state index in [4.69, 9.17) is 14.9 Å². The Morgan fingerprint density at radius 1 is 0.821 bits per heavy atom. The second-order valence-electron chi connectivity index (χ2n) is 10.2. The van der Waals surface area contributed by atoms with E-state index in [-0.39, 0.29) is 24.9 Å². The first kappa shape index (κ1) is 26.3. The third-order valence-electron chi connectivity index (χ3n) is 7.06. The van der Waals surface area contributed by atoms with Crippen LogP contribution < -0.4 is 0 Å². The van der Waals surface area contributed by atoms with Crippen LogP contribution in [0.3, 0.4) is 0 Å². The molecule has 4 aromatic rings. The van der Waals surface area contributed by atoms with Gasteiger partial charge in [-0.2, -0.15) is 5.10 Å². The molecule has 1 fully saturated rings. The summed E-state index contributed by atoms with van der Waals surface area (Å²) in [7, 11) is 0. The summed E-state index contributed by atoms with van der Waals surface area (Å²) in [5.41, 5.74) is 3.87. The Morgan fingerprint density at radius 3 is 1.90 bits per heavy atom. The van der Waals surface area contributed by atoms with Crippen LogP contribution >= 0.6 is 0 Å². The molecule has 1 aliphatic rings. The molecule has 0 aromatic heterocycles. The number of hydrogen-bond acceptors (Lipinski definition) is 5. The number of aliphatic hydroxyl groups is 1. The Morgan fingerprint density at radius 2 is 1.33 bits per heavy atom. The number of esters is 1. The van der Waals surface area contributed by atoms with Crippen molar-refractivity contribution in [2.24, 2.45) is 16.1 Å². The van der Waals surface area contributed by atoms with Crippen LogP contribution in [-0.2, 0) is 16.1 Å². The molecule has 5 heteroatoms. The zero-order valence-corrected chi connectivity index (χ0v) is 22.0. The van der Waals surface area contributed by atoms with Gasteiger partial charge in [-0.1, -0.05) is 121 Å². The molecule has 196 valence electrons.